The van der Waals surface area contributed by atoms with E-state index in [1.165, 1.54) is 18.2 Å². The Balaban J connectivity index is 2.02. The number of nitrogens with two attached hydrogens (primary N) is 1. The van der Waals surface area contributed by atoms with Gasteiger partial charge in [0, 0.05) is 35.5 Å². The number of rotatable bonds is 6. The molecule has 0 radical (unpaired) electrons. The molecule has 0 atom stereocenters. The number of hydrogen-bond acceptors (Lipinski definition) is 6. The standard InChI is InChI=1S/C24H26ClFN2O6S/c1-12(2)28(13(3)4)24(30)34-21-11-20-16(10-18(21)25)14(5)17(23(29)33-20)8-15-6-7-19(26)22(9-15)35(27,31)32/h6-7,9-13H,8H2,1-5H3,(H2,27,31,32). The zero-order valence-electron chi connectivity index (χ0n) is 19.9. The molecule has 0 bridgehead atoms. The van der Waals surface area contributed by atoms with Crippen LogP contribution in [0.4, 0.5) is 9.18 Å². The van der Waals surface area contributed by atoms with Crippen LogP contribution >= 0.6 is 11.6 Å². The first-order valence-corrected chi connectivity index (χ1v) is 12.7. The molecule has 0 aliphatic rings. The van der Waals surface area contributed by atoms with Crippen LogP contribution in [-0.4, -0.2) is 31.5 Å². The number of aryl methyl sites for hydroxylation is 1. The summed E-state index contributed by atoms with van der Waals surface area (Å²) in [4.78, 5) is 26.3. The molecule has 8 nitrogen and oxygen atoms in total. The average molecular weight is 525 g/mol. The van der Waals surface area contributed by atoms with Gasteiger partial charge in [-0.1, -0.05) is 17.7 Å². The largest absolute Gasteiger partial charge is 0.422 e. The number of ether oxygens (including phenoxy) is 1. The first kappa shape index (κ1) is 26.7. The number of primary sulfonamides is 1. The molecule has 0 aliphatic carbocycles. The molecular formula is C24H26ClFN2O6S. The van der Waals surface area contributed by atoms with Crippen LogP contribution in [0.25, 0.3) is 11.0 Å². The fourth-order valence-corrected chi connectivity index (χ4v) is 4.77. The number of halogens is 2. The molecule has 0 saturated heterocycles. The highest BCUT2D eigenvalue weighted by Gasteiger charge is 2.24. The van der Waals surface area contributed by atoms with E-state index in [1.54, 1.807) is 11.8 Å². The average Bonchev–Trinajstić information content (AvgIpc) is 2.72. The zero-order valence-corrected chi connectivity index (χ0v) is 21.5. The lowest BCUT2D eigenvalue weighted by Gasteiger charge is -2.29. The molecule has 188 valence electrons. The first-order chi connectivity index (χ1) is 16.2. The number of carbonyl (C=O) groups is 1. The number of sulfonamides is 1. The van der Waals surface area contributed by atoms with Crippen molar-refractivity contribution >= 4 is 38.7 Å². The van der Waals surface area contributed by atoms with E-state index in [-0.39, 0.29) is 40.4 Å². The lowest BCUT2D eigenvalue weighted by molar-refractivity contribution is 0.123. The fraction of sp³-hybridized carbons (Fsp3) is 0.333. The Labute approximate surface area is 207 Å². The first-order valence-electron chi connectivity index (χ1n) is 10.8. The summed E-state index contributed by atoms with van der Waals surface area (Å²) in [5, 5.41) is 5.71. The van der Waals surface area contributed by atoms with Gasteiger partial charge in [-0.2, -0.15) is 0 Å². The van der Waals surface area contributed by atoms with Gasteiger partial charge < -0.3 is 14.1 Å². The predicted octanol–water partition coefficient (Wildman–Crippen LogP) is 4.75. The monoisotopic (exact) mass is 524 g/mol. The molecular weight excluding hydrogens is 499 g/mol. The van der Waals surface area contributed by atoms with Gasteiger partial charge >= 0.3 is 11.7 Å². The molecule has 3 aromatic rings. The second kappa shape index (κ2) is 9.96. The summed E-state index contributed by atoms with van der Waals surface area (Å²) >= 11 is 6.39. The molecule has 1 heterocycles. The molecule has 0 saturated carbocycles. The van der Waals surface area contributed by atoms with E-state index < -0.39 is 32.5 Å². The van der Waals surface area contributed by atoms with Crippen LogP contribution in [0.3, 0.4) is 0 Å². The Morgan fingerprint density at radius 3 is 2.37 bits per heavy atom. The highest BCUT2D eigenvalue weighted by Crippen LogP contribution is 2.33. The van der Waals surface area contributed by atoms with Gasteiger partial charge in [-0.3, -0.25) is 0 Å². The zero-order chi connectivity index (χ0) is 26.2. The van der Waals surface area contributed by atoms with Gasteiger partial charge in [0.25, 0.3) is 0 Å². The Bertz CT molecular complexity index is 1460. The van der Waals surface area contributed by atoms with Gasteiger partial charge in [0.2, 0.25) is 10.0 Å². The van der Waals surface area contributed by atoms with E-state index in [9.17, 15) is 22.4 Å². The summed E-state index contributed by atoms with van der Waals surface area (Å²) in [6.07, 6.45) is -0.618. The van der Waals surface area contributed by atoms with Crippen molar-refractivity contribution in [1.82, 2.24) is 4.90 Å². The second-order valence-corrected chi connectivity index (χ2v) is 10.7. The lowest BCUT2D eigenvalue weighted by Crippen LogP contribution is -2.43. The van der Waals surface area contributed by atoms with Crippen molar-refractivity contribution in [2.24, 2.45) is 5.14 Å². The molecule has 0 unspecified atom stereocenters. The molecule has 0 spiro atoms. The number of benzene rings is 2. The summed E-state index contributed by atoms with van der Waals surface area (Å²) in [5.41, 5.74) is 0.597. The Kier molecular flexibility index (Phi) is 7.59. The summed E-state index contributed by atoms with van der Waals surface area (Å²) in [6, 6.07) is 6.11. The minimum Gasteiger partial charge on any atom is -0.422 e. The number of amides is 1. The SMILES string of the molecule is Cc1c(Cc2ccc(F)c(S(N)(=O)=O)c2)c(=O)oc2cc(OC(=O)N(C(C)C)C(C)C)c(Cl)cc12. The summed E-state index contributed by atoms with van der Waals surface area (Å²) in [5.74, 6) is -0.942. The van der Waals surface area contributed by atoms with Gasteiger partial charge in [0.1, 0.15) is 16.3 Å². The van der Waals surface area contributed by atoms with Crippen LogP contribution < -0.4 is 15.5 Å². The van der Waals surface area contributed by atoms with Gasteiger partial charge in [-0.05, 0) is 63.9 Å². The molecule has 0 aliphatic heterocycles. The number of nitrogens with zero attached hydrogens (tertiary/aromatic N) is 1. The highest BCUT2D eigenvalue weighted by molar-refractivity contribution is 7.89. The van der Waals surface area contributed by atoms with E-state index in [1.807, 2.05) is 27.7 Å². The fourth-order valence-electron chi connectivity index (χ4n) is 3.92. The molecule has 11 heteroatoms. The van der Waals surface area contributed by atoms with Gasteiger partial charge in [-0.25, -0.2) is 27.5 Å². The van der Waals surface area contributed by atoms with Gasteiger partial charge in [0.05, 0.1) is 5.02 Å². The number of carbonyl (C=O) groups excluding carboxylic acids is 1. The molecule has 1 amide bonds. The van der Waals surface area contributed by atoms with Crippen LogP contribution in [0.1, 0.15) is 44.4 Å². The van der Waals surface area contributed by atoms with Crippen molar-refractivity contribution in [3.8, 4) is 5.75 Å². The number of hydrogen-bond donors (Lipinski definition) is 1. The minimum atomic E-state index is -4.28. The maximum atomic E-state index is 13.9. The van der Waals surface area contributed by atoms with Crippen LogP contribution in [0.15, 0.2) is 44.4 Å². The molecule has 0 fully saturated rings. The molecule has 35 heavy (non-hydrogen) atoms. The second-order valence-electron chi connectivity index (χ2n) is 8.72. The van der Waals surface area contributed by atoms with Crippen LogP contribution in [0, 0.1) is 12.7 Å². The van der Waals surface area contributed by atoms with Gasteiger partial charge in [-0.15, -0.1) is 0 Å². The molecule has 3 rings (SSSR count). The number of fused-ring (bicyclic) bond motifs is 1. The van der Waals surface area contributed by atoms with Crippen LogP contribution in [-0.2, 0) is 16.4 Å². The highest BCUT2D eigenvalue weighted by atomic mass is 35.5. The lowest BCUT2D eigenvalue weighted by atomic mass is 9.99. The van der Waals surface area contributed by atoms with E-state index in [2.05, 4.69) is 0 Å². The van der Waals surface area contributed by atoms with Crippen molar-refractivity contribution in [2.75, 3.05) is 0 Å². The molecule has 1 aromatic heterocycles. The quantitative estimate of drug-likeness (QED) is 0.465. The van der Waals surface area contributed by atoms with Crippen molar-refractivity contribution < 1.29 is 26.8 Å². The normalized spacial score (nSPS) is 11.9. The van der Waals surface area contributed by atoms with E-state index >= 15 is 0 Å². The molecule has 2 N–H and O–H groups in total. The maximum Gasteiger partial charge on any atom is 0.415 e. The predicted molar refractivity (Wildman–Crippen MR) is 131 cm³/mol. The van der Waals surface area contributed by atoms with E-state index in [0.717, 1.165) is 12.1 Å². The third kappa shape index (κ3) is 5.66. The third-order valence-corrected chi connectivity index (χ3v) is 6.76. The third-order valence-electron chi connectivity index (χ3n) is 5.54. The van der Waals surface area contributed by atoms with E-state index in [0.29, 0.717) is 16.5 Å². The van der Waals surface area contributed by atoms with Crippen molar-refractivity contribution in [3.63, 3.8) is 0 Å². The van der Waals surface area contributed by atoms with Crippen molar-refractivity contribution in [1.29, 1.82) is 0 Å². The Hall–Kier alpha value is -2.95. The molecule has 2 aromatic carbocycles. The maximum absolute atomic E-state index is 13.9. The van der Waals surface area contributed by atoms with Crippen molar-refractivity contribution in [2.45, 2.75) is 58.0 Å². The van der Waals surface area contributed by atoms with E-state index in [4.69, 9.17) is 25.9 Å². The van der Waals surface area contributed by atoms with Crippen LogP contribution in [0.2, 0.25) is 5.02 Å². The summed E-state index contributed by atoms with van der Waals surface area (Å²) < 4.78 is 48.1. The summed E-state index contributed by atoms with van der Waals surface area (Å²) in [7, 11) is -4.28. The van der Waals surface area contributed by atoms with Crippen molar-refractivity contribution in [3.05, 3.63) is 68.3 Å². The summed E-state index contributed by atoms with van der Waals surface area (Å²) in [6.45, 7) is 9.13. The van der Waals surface area contributed by atoms with Crippen LogP contribution in [0.5, 0.6) is 5.75 Å². The van der Waals surface area contributed by atoms with Gasteiger partial charge in [0.15, 0.2) is 5.75 Å². The Morgan fingerprint density at radius 2 is 1.80 bits per heavy atom. The smallest absolute Gasteiger partial charge is 0.415 e. The Morgan fingerprint density at radius 1 is 1.17 bits per heavy atom. The topological polar surface area (TPSA) is 120 Å². The minimum absolute atomic E-state index is 0.0288.